The lowest BCUT2D eigenvalue weighted by molar-refractivity contribution is -0.165. The van der Waals surface area contributed by atoms with Gasteiger partial charge in [-0.1, -0.05) is 18.2 Å². The maximum Gasteiger partial charge on any atom is 0.406 e. The fraction of sp³-hybridized carbons (Fsp3) is 0.538. The second kappa shape index (κ2) is 3.88. The van der Waals surface area contributed by atoms with Crippen molar-refractivity contribution in [1.29, 1.82) is 0 Å². The van der Waals surface area contributed by atoms with Gasteiger partial charge in [0.25, 0.3) is 0 Å². The van der Waals surface area contributed by atoms with Gasteiger partial charge in [0.05, 0.1) is 0 Å². The lowest BCUT2D eigenvalue weighted by Gasteiger charge is -2.23. The van der Waals surface area contributed by atoms with Crippen molar-refractivity contribution in [3.05, 3.63) is 29.8 Å². The summed E-state index contributed by atoms with van der Waals surface area (Å²) in [5.74, 6) is 0. The van der Waals surface area contributed by atoms with Gasteiger partial charge in [0, 0.05) is 18.3 Å². The monoisotopic (exact) mass is 256 g/mol. The van der Waals surface area contributed by atoms with Crippen LogP contribution < -0.4 is 10.6 Å². The summed E-state index contributed by atoms with van der Waals surface area (Å²) in [5, 5.41) is 5.96. The maximum absolute atomic E-state index is 12.7. The second-order valence-corrected chi connectivity index (χ2v) is 5.16. The van der Waals surface area contributed by atoms with Crippen LogP contribution in [0.25, 0.3) is 0 Å². The molecular formula is C13H15F3N2. The minimum Gasteiger partial charge on any atom is -0.380 e. The highest BCUT2D eigenvalue weighted by Gasteiger charge is 2.63. The van der Waals surface area contributed by atoms with E-state index in [0.717, 1.165) is 12.1 Å². The molecule has 1 heterocycles. The van der Waals surface area contributed by atoms with E-state index in [2.05, 4.69) is 10.6 Å². The highest BCUT2D eigenvalue weighted by Crippen LogP contribution is 2.48. The molecule has 18 heavy (non-hydrogen) atoms. The molecule has 98 valence electrons. The van der Waals surface area contributed by atoms with Crippen LogP contribution in [0.3, 0.4) is 0 Å². The Morgan fingerprint density at radius 2 is 2.00 bits per heavy atom. The molecule has 1 unspecified atom stereocenters. The summed E-state index contributed by atoms with van der Waals surface area (Å²) in [7, 11) is 0. The van der Waals surface area contributed by atoms with Crippen LogP contribution in [0.4, 0.5) is 18.9 Å². The van der Waals surface area contributed by atoms with E-state index in [-0.39, 0.29) is 18.9 Å². The molecular weight excluding hydrogens is 241 g/mol. The third kappa shape index (κ3) is 1.96. The van der Waals surface area contributed by atoms with E-state index >= 15 is 0 Å². The van der Waals surface area contributed by atoms with Crippen LogP contribution in [0.15, 0.2) is 24.3 Å². The highest BCUT2D eigenvalue weighted by atomic mass is 19.4. The minimum absolute atomic E-state index is 0.0576. The van der Waals surface area contributed by atoms with Crippen LogP contribution >= 0.6 is 0 Å². The van der Waals surface area contributed by atoms with E-state index < -0.39 is 11.7 Å². The largest absolute Gasteiger partial charge is 0.406 e. The lowest BCUT2D eigenvalue weighted by atomic mass is 10.1. The van der Waals surface area contributed by atoms with Crippen molar-refractivity contribution >= 4 is 5.69 Å². The Morgan fingerprint density at radius 3 is 2.61 bits per heavy atom. The van der Waals surface area contributed by atoms with Crippen molar-refractivity contribution in [3.8, 4) is 0 Å². The predicted octanol–water partition coefficient (Wildman–Crippen LogP) is 2.71. The van der Waals surface area contributed by atoms with Gasteiger partial charge in [0.2, 0.25) is 0 Å². The molecule has 0 aromatic heterocycles. The van der Waals surface area contributed by atoms with Gasteiger partial charge in [-0.05, 0) is 30.9 Å². The summed E-state index contributed by atoms with van der Waals surface area (Å²) in [4.78, 5) is 0. The summed E-state index contributed by atoms with van der Waals surface area (Å²) in [6, 6.07) is 7.92. The zero-order valence-electron chi connectivity index (χ0n) is 9.85. The van der Waals surface area contributed by atoms with Crippen molar-refractivity contribution in [1.82, 2.24) is 5.32 Å². The minimum atomic E-state index is -4.13. The van der Waals surface area contributed by atoms with Gasteiger partial charge in [-0.3, -0.25) is 0 Å². The molecule has 3 rings (SSSR count). The average Bonchev–Trinajstić information content (AvgIpc) is 3.00. The van der Waals surface area contributed by atoms with Crippen molar-refractivity contribution < 1.29 is 13.2 Å². The Kier molecular flexibility index (Phi) is 2.55. The van der Waals surface area contributed by atoms with Crippen LogP contribution in [0.2, 0.25) is 0 Å². The Hall–Kier alpha value is -1.23. The molecule has 1 aliphatic heterocycles. The van der Waals surface area contributed by atoms with Gasteiger partial charge >= 0.3 is 6.18 Å². The quantitative estimate of drug-likeness (QED) is 0.869. The molecule has 1 saturated carbocycles. The van der Waals surface area contributed by atoms with E-state index in [4.69, 9.17) is 0 Å². The third-order valence-electron chi connectivity index (χ3n) is 3.82. The number of fused-ring (bicyclic) bond motifs is 1. The molecule has 2 aliphatic rings. The van der Waals surface area contributed by atoms with Gasteiger partial charge in [0.15, 0.2) is 0 Å². The first kappa shape index (κ1) is 11.8. The topological polar surface area (TPSA) is 24.1 Å². The number of halogens is 3. The van der Waals surface area contributed by atoms with Crippen molar-refractivity contribution in [2.75, 3.05) is 11.9 Å². The Bertz CT molecular complexity index is 427. The standard InChI is InChI=1S/C13H15F3N2/c14-13(15,16)12(5-6-12)17-8-10-7-9-3-1-2-4-11(9)18-10/h1-4,10,17-18H,5-8H2. The van der Waals surface area contributed by atoms with Crippen LogP contribution in [0, 0.1) is 0 Å². The predicted molar refractivity (Wildman–Crippen MR) is 63.6 cm³/mol. The number of nitrogens with one attached hydrogen (secondary N) is 2. The average molecular weight is 256 g/mol. The van der Waals surface area contributed by atoms with E-state index in [1.165, 1.54) is 5.56 Å². The van der Waals surface area contributed by atoms with Crippen LogP contribution in [0.1, 0.15) is 18.4 Å². The molecule has 1 aliphatic carbocycles. The number of hydrogen-bond donors (Lipinski definition) is 2. The summed E-state index contributed by atoms with van der Waals surface area (Å²) in [5.41, 5.74) is 0.617. The summed E-state index contributed by atoms with van der Waals surface area (Å²) in [6.45, 7) is 0.355. The molecule has 1 fully saturated rings. The van der Waals surface area contributed by atoms with E-state index in [1.54, 1.807) is 0 Å². The first-order valence-electron chi connectivity index (χ1n) is 6.16. The van der Waals surface area contributed by atoms with Gasteiger partial charge in [-0.2, -0.15) is 13.2 Å². The van der Waals surface area contributed by atoms with Crippen molar-refractivity contribution in [2.24, 2.45) is 0 Å². The zero-order valence-corrected chi connectivity index (χ0v) is 9.85. The van der Waals surface area contributed by atoms with Crippen molar-refractivity contribution in [3.63, 3.8) is 0 Å². The number of anilines is 1. The molecule has 0 amide bonds. The second-order valence-electron chi connectivity index (χ2n) is 5.16. The summed E-state index contributed by atoms with van der Waals surface area (Å²) >= 11 is 0. The maximum atomic E-state index is 12.7. The molecule has 0 saturated heterocycles. The Balaban J connectivity index is 1.58. The smallest absolute Gasteiger partial charge is 0.380 e. The molecule has 1 aromatic carbocycles. The van der Waals surface area contributed by atoms with Gasteiger partial charge < -0.3 is 10.6 Å². The number of benzene rings is 1. The first-order valence-corrected chi connectivity index (χ1v) is 6.16. The van der Waals surface area contributed by atoms with Crippen LogP contribution in [-0.4, -0.2) is 24.3 Å². The molecule has 1 aromatic rings. The van der Waals surface area contributed by atoms with Gasteiger partial charge in [0.1, 0.15) is 5.54 Å². The molecule has 5 heteroatoms. The number of para-hydroxylation sites is 1. The lowest BCUT2D eigenvalue weighted by Crippen LogP contribution is -2.48. The zero-order chi connectivity index (χ0) is 12.8. The molecule has 2 nitrogen and oxygen atoms in total. The summed E-state index contributed by atoms with van der Waals surface area (Å²) in [6.07, 6.45) is -2.93. The van der Waals surface area contributed by atoms with E-state index in [9.17, 15) is 13.2 Å². The molecule has 0 spiro atoms. The number of rotatable bonds is 3. The highest BCUT2D eigenvalue weighted by molar-refractivity contribution is 5.56. The number of alkyl halides is 3. The SMILES string of the molecule is FC(F)(F)C1(NCC2Cc3ccccc3N2)CC1. The fourth-order valence-electron chi connectivity index (χ4n) is 2.50. The third-order valence-corrected chi connectivity index (χ3v) is 3.82. The van der Waals surface area contributed by atoms with E-state index in [0.29, 0.717) is 6.54 Å². The number of hydrogen-bond acceptors (Lipinski definition) is 2. The normalized spacial score (nSPS) is 24.5. The Labute approximate surface area is 104 Å². The van der Waals surface area contributed by atoms with E-state index in [1.807, 2.05) is 24.3 Å². The molecule has 0 bridgehead atoms. The van der Waals surface area contributed by atoms with Crippen molar-refractivity contribution in [2.45, 2.75) is 37.0 Å². The molecule has 1 atom stereocenters. The van der Waals surface area contributed by atoms with Crippen LogP contribution in [0.5, 0.6) is 0 Å². The first-order chi connectivity index (χ1) is 8.50. The fourth-order valence-corrected chi connectivity index (χ4v) is 2.50. The summed E-state index contributed by atoms with van der Waals surface area (Å²) < 4.78 is 38.2. The van der Waals surface area contributed by atoms with Gasteiger partial charge in [-0.25, -0.2) is 0 Å². The molecule has 2 N–H and O–H groups in total. The van der Waals surface area contributed by atoms with Crippen LogP contribution in [-0.2, 0) is 6.42 Å². The Morgan fingerprint density at radius 1 is 1.28 bits per heavy atom. The molecule has 0 radical (unpaired) electrons. The van der Waals surface area contributed by atoms with Gasteiger partial charge in [-0.15, -0.1) is 0 Å².